The Balaban J connectivity index is 0.000000332. The average Bonchev–Trinajstić information content (AvgIpc) is 2.88. The molecular formula is C30H27BrO2. The zero-order chi connectivity index (χ0) is 22.5. The molecule has 4 aromatic carbocycles. The van der Waals surface area contributed by atoms with E-state index in [0.717, 1.165) is 36.3 Å². The maximum absolute atomic E-state index is 6.06. The summed E-state index contributed by atoms with van der Waals surface area (Å²) < 4.78 is 11.9. The van der Waals surface area contributed by atoms with E-state index in [1.165, 1.54) is 39.1 Å². The highest BCUT2D eigenvalue weighted by atomic mass is 79.9. The minimum atomic E-state index is 0.578. The fraction of sp³-hybridized carbons (Fsp3) is 0.200. The van der Waals surface area contributed by atoms with Gasteiger partial charge in [-0.2, -0.15) is 0 Å². The standard InChI is InChI=1S/C25H21BrO.C5H6O/c26-20-5-3-6-21(15-20)27-16-17-8-11-23-19(14-17)10-13-24-22-7-2-1-4-18(22)9-12-25(23)24;1-2-4-6-5-3-1/h1-7,9-10,12-13,15,17H,8,11,14,16H2;1-4H,5H2. The van der Waals surface area contributed by atoms with Gasteiger partial charge < -0.3 is 9.47 Å². The molecule has 0 amide bonds. The highest BCUT2D eigenvalue weighted by Gasteiger charge is 2.21. The van der Waals surface area contributed by atoms with Crippen molar-refractivity contribution in [1.29, 1.82) is 0 Å². The van der Waals surface area contributed by atoms with Crippen LogP contribution in [0.1, 0.15) is 17.5 Å². The van der Waals surface area contributed by atoms with Crippen molar-refractivity contribution >= 4 is 37.5 Å². The van der Waals surface area contributed by atoms with Crippen LogP contribution >= 0.6 is 15.9 Å². The number of benzene rings is 4. The number of ether oxygens (including phenoxy) is 2. The molecule has 0 spiro atoms. The molecule has 1 aliphatic heterocycles. The summed E-state index contributed by atoms with van der Waals surface area (Å²) >= 11 is 3.51. The Morgan fingerprint density at radius 1 is 0.879 bits per heavy atom. The highest BCUT2D eigenvalue weighted by Crippen LogP contribution is 2.35. The molecule has 0 aromatic heterocycles. The highest BCUT2D eigenvalue weighted by molar-refractivity contribution is 9.10. The second-order valence-corrected chi connectivity index (χ2v) is 9.47. The molecular weight excluding hydrogens is 472 g/mol. The van der Waals surface area contributed by atoms with Crippen LogP contribution in [0.3, 0.4) is 0 Å². The monoisotopic (exact) mass is 498 g/mol. The van der Waals surface area contributed by atoms with Gasteiger partial charge in [0.15, 0.2) is 0 Å². The lowest BCUT2D eigenvalue weighted by Gasteiger charge is -2.26. The Labute approximate surface area is 203 Å². The molecule has 0 N–H and O–H groups in total. The molecule has 0 bridgehead atoms. The number of rotatable bonds is 3. The van der Waals surface area contributed by atoms with E-state index < -0.39 is 0 Å². The van der Waals surface area contributed by atoms with Crippen molar-refractivity contribution in [2.45, 2.75) is 19.3 Å². The lowest BCUT2D eigenvalue weighted by molar-refractivity contribution is 0.234. The Hall–Kier alpha value is -3.04. The third-order valence-corrected chi connectivity index (χ3v) is 6.84. The second kappa shape index (κ2) is 10.3. The van der Waals surface area contributed by atoms with Crippen LogP contribution < -0.4 is 4.74 Å². The number of allylic oxidation sites excluding steroid dienone is 2. The molecule has 0 saturated heterocycles. The van der Waals surface area contributed by atoms with Gasteiger partial charge in [0, 0.05) is 4.47 Å². The van der Waals surface area contributed by atoms with Gasteiger partial charge in [0.05, 0.1) is 12.9 Å². The molecule has 3 heteroatoms. The molecule has 1 unspecified atom stereocenters. The topological polar surface area (TPSA) is 18.5 Å². The Morgan fingerprint density at radius 3 is 2.58 bits per heavy atom. The number of hydrogen-bond donors (Lipinski definition) is 0. The summed E-state index contributed by atoms with van der Waals surface area (Å²) in [7, 11) is 0. The zero-order valence-electron chi connectivity index (χ0n) is 18.5. The summed E-state index contributed by atoms with van der Waals surface area (Å²) in [6.07, 6.45) is 10.9. The van der Waals surface area contributed by atoms with Crippen molar-refractivity contribution in [2.24, 2.45) is 5.92 Å². The summed E-state index contributed by atoms with van der Waals surface area (Å²) in [5, 5.41) is 5.49. The van der Waals surface area contributed by atoms with E-state index in [4.69, 9.17) is 9.47 Å². The van der Waals surface area contributed by atoms with Crippen molar-refractivity contribution < 1.29 is 9.47 Å². The van der Waals surface area contributed by atoms with Crippen molar-refractivity contribution in [3.63, 3.8) is 0 Å². The Kier molecular flexibility index (Phi) is 6.78. The molecule has 1 atom stereocenters. The number of halogens is 1. The molecule has 1 aliphatic carbocycles. The van der Waals surface area contributed by atoms with E-state index in [-0.39, 0.29) is 0 Å². The molecule has 2 nitrogen and oxygen atoms in total. The maximum atomic E-state index is 6.06. The molecule has 1 heterocycles. The lowest BCUT2D eigenvalue weighted by atomic mass is 9.81. The fourth-order valence-corrected chi connectivity index (χ4v) is 5.08. The summed E-state index contributed by atoms with van der Waals surface area (Å²) in [6, 6.07) is 26.0. The van der Waals surface area contributed by atoms with E-state index in [0.29, 0.717) is 5.92 Å². The molecule has 4 aromatic rings. The average molecular weight is 499 g/mol. The van der Waals surface area contributed by atoms with E-state index in [1.54, 1.807) is 6.26 Å². The molecule has 33 heavy (non-hydrogen) atoms. The van der Waals surface area contributed by atoms with Crippen LogP contribution in [0.5, 0.6) is 5.75 Å². The van der Waals surface area contributed by atoms with Gasteiger partial charge in [0.1, 0.15) is 12.4 Å². The minimum Gasteiger partial charge on any atom is -0.497 e. The zero-order valence-corrected chi connectivity index (χ0v) is 20.1. The van der Waals surface area contributed by atoms with Crippen molar-refractivity contribution in [1.82, 2.24) is 0 Å². The Bertz CT molecular complexity index is 1310. The van der Waals surface area contributed by atoms with Crippen molar-refractivity contribution in [3.8, 4) is 5.75 Å². The molecule has 0 saturated carbocycles. The predicted octanol–water partition coefficient (Wildman–Crippen LogP) is 8.03. The van der Waals surface area contributed by atoms with Crippen molar-refractivity contribution in [3.05, 3.63) is 113 Å². The van der Waals surface area contributed by atoms with Crippen molar-refractivity contribution in [2.75, 3.05) is 13.2 Å². The first-order valence-corrected chi connectivity index (χ1v) is 12.3. The first-order valence-electron chi connectivity index (χ1n) is 11.5. The molecule has 2 aliphatic rings. The fourth-order valence-electron chi connectivity index (χ4n) is 4.70. The van der Waals surface area contributed by atoms with Crippen LogP contribution in [0.4, 0.5) is 0 Å². The second-order valence-electron chi connectivity index (χ2n) is 8.55. The number of aryl methyl sites for hydroxylation is 1. The smallest absolute Gasteiger partial charge is 0.120 e. The van der Waals surface area contributed by atoms with E-state index in [1.807, 2.05) is 42.5 Å². The van der Waals surface area contributed by atoms with Gasteiger partial charge in [0.2, 0.25) is 0 Å². The molecule has 6 rings (SSSR count). The van der Waals surface area contributed by atoms with Crippen LogP contribution in [-0.4, -0.2) is 13.2 Å². The number of hydrogen-bond acceptors (Lipinski definition) is 2. The van der Waals surface area contributed by atoms with Gasteiger partial charge in [-0.15, -0.1) is 0 Å². The van der Waals surface area contributed by atoms with Gasteiger partial charge >= 0.3 is 0 Å². The third-order valence-electron chi connectivity index (χ3n) is 6.34. The lowest BCUT2D eigenvalue weighted by Crippen LogP contribution is -2.21. The van der Waals surface area contributed by atoms with E-state index in [2.05, 4.69) is 64.5 Å². The summed E-state index contributed by atoms with van der Waals surface area (Å²) in [5.74, 6) is 1.52. The van der Waals surface area contributed by atoms with Gasteiger partial charge in [-0.25, -0.2) is 0 Å². The molecule has 166 valence electrons. The van der Waals surface area contributed by atoms with E-state index >= 15 is 0 Å². The van der Waals surface area contributed by atoms with Gasteiger partial charge in [0.25, 0.3) is 0 Å². The largest absolute Gasteiger partial charge is 0.497 e. The van der Waals surface area contributed by atoms with Crippen LogP contribution in [0.25, 0.3) is 21.5 Å². The van der Waals surface area contributed by atoms with Crippen LogP contribution in [0.15, 0.2) is 102 Å². The first kappa shape index (κ1) is 21.8. The van der Waals surface area contributed by atoms with E-state index in [9.17, 15) is 0 Å². The van der Waals surface area contributed by atoms with Crippen LogP contribution in [0.2, 0.25) is 0 Å². The third kappa shape index (κ3) is 5.15. The normalized spacial score (nSPS) is 16.6. The Morgan fingerprint density at radius 2 is 1.79 bits per heavy atom. The van der Waals surface area contributed by atoms with Crippen LogP contribution in [-0.2, 0) is 17.6 Å². The maximum Gasteiger partial charge on any atom is 0.120 e. The first-order chi connectivity index (χ1) is 16.3. The number of fused-ring (bicyclic) bond motifs is 5. The quantitative estimate of drug-likeness (QED) is 0.266. The van der Waals surface area contributed by atoms with Gasteiger partial charge in [-0.3, -0.25) is 0 Å². The summed E-state index contributed by atoms with van der Waals surface area (Å²) in [4.78, 5) is 0. The van der Waals surface area contributed by atoms with Gasteiger partial charge in [-0.05, 0) is 88.2 Å². The van der Waals surface area contributed by atoms with Crippen LogP contribution in [0, 0.1) is 5.92 Å². The minimum absolute atomic E-state index is 0.578. The SMILES string of the molecule is Brc1cccc(OCC2CCc3c(ccc4c3ccc3ccccc34)C2)c1.C1=CCOC=C1. The summed E-state index contributed by atoms with van der Waals surface area (Å²) in [5.41, 5.74) is 3.03. The predicted molar refractivity (Wildman–Crippen MR) is 141 cm³/mol. The van der Waals surface area contributed by atoms with Gasteiger partial charge in [-0.1, -0.05) is 76.6 Å². The molecule has 0 fully saturated rings. The molecule has 0 radical (unpaired) electrons. The summed E-state index contributed by atoms with van der Waals surface area (Å²) in [6.45, 7) is 1.52.